The summed E-state index contributed by atoms with van der Waals surface area (Å²) < 4.78 is 22.0. The molecule has 2 aromatic carbocycles. The van der Waals surface area contributed by atoms with E-state index in [0.717, 1.165) is 12.8 Å². The van der Waals surface area contributed by atoms with Crippen molar-refractivity contribution in [3.05, 3.63) is 42.5 Å². The molecule has 0 fully saturated rings. The zero-order chi connectivity index (χ0) is 27.0. The summed E-state index contributed by atoms with van der Waals surface area (Å²) in [6, 6.07) is 12.0. The molecule has 1 aliphatic heterocycles. The molecule has 2 heterocycles. The van der Waals surface area contributed by atoms with Crippen LogP contribution in [0.5, 0.6) is 17.2 Å². The summed E-state index contributed by atoms with van der Waals surface area (Å²) in [5.41, 5.74) is 1.24. The van der Waals surface area contributed by atoms with Gasteiger partial charge in [0.05, 0.1) is 18.1 Å². The Hall–Kier alpha value is -4.48. The zero-order valence-corrected chi connectivity index (χ0v) is 21.4. The number of amides is 3. The topological polar surface area (TPSA) is 142 Å². The van der Waals surface area contributed by atoms with Gasteiger partial charge < -0.3 is 29.6 Å². The van der Waals surface area contributed by atoms with Gasteiger partial charge in [-0.1, -0.05) is 31.5 Å². The number of nitrogens with zero attached hydrogens (tertiary/aromatic N) is 2. The van der Waals surface area contributed by atoms with Crippen molar-refractivity contribution in [1.29, 1.82) is 0 Å². The van der Waals surface area contributed by atoms with E-state index in [0.29, 0.717) is 34.8 Å². The van der Waals surface area contributed by atoms with Crippen LogP contribution >= 0.6 is 0 Å². The number of imidazole rings is 1. The number of nitrogens with one attached hydrogen (secondary N) is 3. The molecule has 198 valence electrons. The van der Waals surface area contributed by atoms with Crippen molar-refractivity contribution in [2.75, 3.05) is 26.0 Å². The number of anilines is 1. The summed E-state index contributed by atoms with van der Waals surface area (Å²) in [4.78, 5) is 39.0. The zero-order valence-electron chi connectivity index (χ0n) is 21.4. The molecule has 12 nitrogen and oxygen atoms in total. The number of rotatable bonds is 5. The smallest absolute Gasteiger partial charge is 0.413 e. The highest BCUT2D eigenvalue weighted by atomic mass is 16.7. The lowest BCUT2D eigenvalue weighted by atomic mass is 10.3. The molecule has 3 aromatic rings. The van der Waals surface area contributed by atoms with Crippen LogP contribution in [-0.2, 0) is 4.74 Å². The number of carbonyl (C=O) groups excluding carboxylic acids is 3. The number of hydrogen-bond donors (Lipinski definition) is 3. The standard InChI is InChI=1S/C14H18N4O3.C11H13NO4/c1-3-4-9-15-13(19)18-11-8-6-5-7-10(11)16-12(18)17-14(20)21-2;1-11(2)15-8-6-4-5-7(9(8)16-11)14-10(13)12-3/h5-8H,3-4,9H2,1-2H3,(H,15,19)(H,16,17,20);4-6H,1-3H3,(H,12,13). The van der Waals surface area contributed by atoms with Gasteiger partial charge in [-0.3, -0.25) is 5.32 Å². The molecule has 0 saturated heterocycles. The van der Waals surface area contributed by atoms with Crippen LogP contribution in [0, 0.1) is 0 Å². The van der Waals surface area contributed by atoms with E-state index in [1.54, 1.807) is 44.2 Å². The summed E-state index contributed by atoms with van der Waals surface area (Å²) in [7, 11) is 2.75. The lowest BCUT2D eigenvalue weighted by Crippen LogP contribution is -2.31. The van der Waals surface area contributed by atoms with Crippen LogP contribution in [0.4, 0.5) is 20.3 Å². The lowest BCUT2D eigenvalue weighted by Gasteiger charge is -2.16. The van der Waals surface area contributed by atoms with Gasteiger partial charge in [0.1, 0.15) is 0 Å². The lowest BCUT2D eigenvalue weighted by molar-refractivity contribution is -0.0438. The fourth-order valence-electron chi connectivity index (χ4n) is 3.35. The molecule has 4 rings (SSSR count). The second kappa shape index (κ2) is 12.0. The van der Waals surface area contributed by atoms with E-state index in [1.807, 2.05) is 19.1 Å². The van der Waals surface area contributed by atoms with Crippen LogP contribution in [-0.4, -0.2) is 54.3 Å². The predicted octanol–water partition coefficient (Wildman–Crippen LogP) is 4.48. The first kappa shape index (κ1) is 27.1. The number of unbranched alkanes of at least 4 members (excludes halogenated alkanes) is 1. The van der Waals surface area contributed by atoms with E-state index in [2.05, 4.69) is 25.7 Å². The minimum atomic E-state index is -0.732. The van der Waals surface area contributed by atoms with Crippen molar-refractivity contribution in [2.24, 2.45) is 0 Å². The average Bonchev–Trinajstić information content (AvgIpc) is 3.40. The third-order valence-electron chi connectivity index (χ3n) is 5.02. The monoisotopic (exact) mass is 513 g/mol. The van der Waals surface area contributed by atoms with Gasteiger partial charge in [0.25, 0.3) is 0 Å². The van der Waals surface area contributed by atoms with Gasteiger partial charge in [-0.25, -0.2) is 23.9 Å². The fraction of sp³-hybridized carbons (Fsp3) is 0.360. The highest BCUT2D eigenvalue weighted by Gasteiger charge is 2.34. The Balaban J connectivity index is 0.000000213. The number of fused-ring (bicyclic) bond motifs is 2. The molecule has 0 spiro atoms. The summed E-state index contributed by atoms with van der Waals surface area (Å²) in [6.07, 6.45) is 0.658. The molecular formula is C25H31N5O7. The third-order valence-corrected chi connectivity index (χ3v) is 5.02. The van der Waals surface area contributed by atoms with Gasteiger partial charge in [0.2, 0.25) is 17.5 Å². The van der Waals surface area contributed by atoms with E-state index in [9.17, 15) is 14.4 Å². The first-order valence-corrected chi connectivity index (χ1v) is 11.7. The van der Waals surface area contributed by atoms with Crippen LogP contribution in [0.25, 0.3) is 11.0 Å². The summed E-state index contributed by atoms with van der Waals surface area (Å²) in [6.45, 7) is 6.19. The van der Waals surface area contributed by atoms with E-state index in [1.165, 1.54) is 18.7 Å². The number of methoxy groups -OCH3 is 1. The Bertz CT molecular complexity index is 1270. The van der Waals surface area contributed by atoms with Crippen molar-refractivity contribution >= 4 is 35.2 Å². The van der Waals surface area contributed by atoms with Crippen LogP contribution < -0.4 is 30.2 Å². The van der Waals surface area contributed by atoms with E-state index in [-0.39, 0.29) is 12.0 Å². The Morgan fingerprint density at radius 3 is 2.51 bits per heavy atom. The summed E-state index contributed by atoms with van der Waals surface area (Å²) >= 11 is 0. The largest absolute Gasteiger partial charge is 0.453 e. The molecule has 0 atom stereocenters. The highest BCUT2D eigenvalue weighted by molar-refractivity contribution is 5.96. The normalized spacial score (nSPS) is 12.7. The van der Waals surface area contributed by atoms with Crippen LogP contribution in [0.1, 0.15) is 33.6 Å². The Labute approximate surface area is 214 Å². The van der Waals surface area contributed by atoms with Gasteiger partial charge in [-0.15, -0.1) is 0 Å². The molecule has 1 aliphatic rings. The number of para-hydroxylation sites is 3. The molecule has 37 heavy (non-hydrogen) atoms. The number of benzene rings is 2. The molecule has 0 radical (unpaired) electrons. The molecule has 1 aromatic heterocycles. The van der Waals surface area contributed by atoms with Gasteiger partial charge in [-0.05, 0) is 30.7 Å². The number of carbonyl (C=O) groups is 3. The number of aromatic nitrogens is 2. The third kappa shape index (κ3) is 6.81. The second-order valence-electron chi connectivity index (χ2n) is 8.29. The van der Waals surface area contributed by atoms with Crippen molar-refractivity contribution in [3.63, 3.8) is 0 Å². The van der Waals surface area contributed by atoms with Crippen molar-refractivity contribution in [2.45, 2.75) is 39.4 Å². The maximum absolute atomic E-state index is 12.3. The van der Waals surface area contributed by atoms with Crippen LogP contribution in [0.3, 0.4) is 0 Å². The summed E-state index contributed by atoms with van der Waals surface area (Å²) in [5.74, 6) is 0.784. The molecule has 3 N–H and O–H groups in total. The SMILES string of the molecule is CCCCNC(=O)n1c(NC(=O)OC)nc2ccccc21.CNC(=O)Oc1cccc2c1OC(C)(C)O2. The number of hydrogen-bond acceptors (Lipinski definition) is 8. The van der Waals surface area contributed by atoms with Gasteiger partial charge >= 0.3 is 18.2 Å². The Kier molecular flexibility index (Phi) is 8.77. The predicted molar refractivity (Wildman–Crippen MR) is 136 cm³/mol. The van der Waals surface area contributed by atoms with Crippen LogP contribution in [0.15, 0.2) is 42.5 Å². The highest BCUT2D eigenvalue weighted by Crippen LogP contribution is 2.45. The summed E-state index contributed by atoms with van der Waals surface area (Å²) in [5, 5.41) is 7.62. The van der Waals surface area contributed by atoms with Gasteiger partial charge in [-0.2, -0.15) is 0 Å². The van der Waals surface area contributed by atoms with E-state index in [4.69, 9.17) is 14.2 Å². The minimum absolute atomic E-state index is 0.136. The Morgan fingerprint density at radius 2 is 1.81 bits per heavy atom. The van der Waals surface area contributed by atoms with Crippen LogP contribution in [0.2, 0.25) is 0 Å². The van der Waals surface area contributed by atoms with Gasteiger partial charge in [0.15, 0.2) is 11.5 Å². The molecule has 0 bridgehead atoms. The van der Waals surface area contributed by atoms with Crippen molar-refractivity contribution < 1.29 is 33.3 Å². The molecule has 0 aliphatic carbocycles. The molecule has 3 amide bonds. The van der Waals surface area contributed by atoms with E-state index < -0.39 is 18.0 Å². The maximum Gasteiger partial charge on any atom is 0.413 e. The quantitative estimate of drug-likeness (QED) is 0.424. The second-order valence-corrected chi connectivity index (χ2v) is 8.29. The first-order chi connectivity index (χ1) is 17.7. The molecule has 0 unspecified atom stereocenters. The fourth-order valence-corrected chi connectivity index (χ4v) is 3.35. The van der Waals surface area contributed by atoms with Crippen molar-refractivity contribution in [3.8, 4) is 17.2 Å². The van der Waals surface area contributed by atoms with Gasteiger partial charge in [0, 0.05) is 27.4 Å². The van der Waals surface area contributed by atoms with Crippen molar-refractivity contribution in [1.82, 2.24) is 20.2 Å². The Morgan fingerprint density at radius 1 is 1.05 bits per heavy atom. The molecule has 12 heteroatoms. The minimum Gasteiger partial charge on any atom is -0.453 e. The molecule has 0 saturated carbocycles. The first-order valence-electron chi connectivity index (χ1n) is 11.7. The van der Waals surface area contributed by atoms with E-state index >= 15 is 0 Å². The molecular weight excluding hydrogens is 482 g/mol. The average molecular weight is 514 g/mol. The maximum atomic E-state index is 12.3. The number of ether oxygens (including phenoxy) is 4.